The molecule has 2 aliphatic rings. The van der Waals surface area contributed by atoms with Gasteiger partial charge in [0.15, 0.2) is 0 Å². The van der Waals surface area contributed by atoms with E-state index in [1.807, 2.05) is 0 Å². The SMILES string of the molecule is CC(C)O[C@@H]1C[C@H]2CNCCN2C1. The van der Waals surface area contributed by atoms with Gasteiger partial charge in [-0.15, -0.1) is 0 Å². The Hall–Kier alpha value is -0.120. The van der Waals surface area contributed by atoms with E-state index in [4.69, 9.17) is 4.74 Å². The number of hydrogen-bond donors (Lipinski definition) is 1. The van der Waals surface area contributed by atoms with E-state index in [1.54, 1.807) is 0 Å². The minimum atomic E-state index is 0.374. The van der Waals surface area contributed by atoms with Gasteiger partial charge in [0, 0.05) is 32.2 Å². The second-order valence-electron chi connectivity index (χ2n) is 4.40. The van der Waals surface area contributed by atoms with Crippen molar-refractivity contribution in [3.05, 3.63) is 0 Å². The monoisotopic (exact) mass is 184 g/mol. The highest BCUT2D eigenvalue weighted by molar-refractivity contribution is 4.90. The number of ether oxygens (including phenoxy) is 1. The van der Waals surface area contributed by atoms with Gasteiger partial charge in [-0.1, -0.05) is 0 Å². The van der Waals surface area contributed by atoms with Crippen molar-refractivity contribution >= 4 is 0 Å². The lowest BCUT2D eigenvalue weighted by molar-refractivity contribution is 0.0142. The van der Waals surface area contributed by atoms with Crippen molar-refractivity contribution in [3.8, 4) is 0 Å². The van der Waals surface area contributed by atoms with Crippen LogP contribution in [0.5, 0.6) is 0 Å². The molecule has 3 nitrogen and oxygen atoms in total. The van der Waals surface area contributed by atoms with E-state index in [1.165, 1.54) is 13.0 Å². The molecular weight excluding hydrogens is 164 g/mol. The van der Waals surface area contributed by atoms with Gasteiger partial charge in [0.25, 0.3) is 0 Å². The van der Waals surface area contributed by atoms with Crippen molar-refractivity contribution < 1.29 is 4.74 Å². The summed E-state index contributed by atoms with van der Waals surface area (Å²) in [4.78, 5) is 2.56. The van der Waals surface area contributed by atoms with Crippen molar-refractivity contribution in [1.29, 1.82) is 0 Å². The number of hydrogen-bond acceptors (Lipinski definition) is 3. The summed E-state index contributed by atoms with van der Waals surface area (Å²) >= 11 is 0. The molecule has 0 spiro atoms. The molecule has 2 saturated heterocycles. The number of nitrogens with zero attached hydrogens (tertiary/aromatic N) is 1. The Morgan fingerprint density at radius 1 is 1.46 bits per heavy atom. The van der Waals surface area contributed by atoms with Crippen LogP contribution in [0.1, 0.15) is 20.3 Å². The maximum atomic E-state index is 5.83. The summed E-state index contributed by atoms with van der Waals surface area (Å²) in [6, 6.07) is 0.734. The van der Waals surface area contributed by atoms with E-state index < -0.39 is 0 Å². The third kappa shape index (κ3) is 2.22. The maximum absolute atomic E-state index is 5.83. The van der Waals surface area contributed by atoms with E-state index >= 15 is 0 Å². The predicted octanol–water partition coefficient (Wildman–Crippen LogP) is 0.458. The van der Waals surface area contributed by atoms with Gasteiger partial charge in [-0.25, -0.2) is 0 Å². The fourth-order valence-electron chi connectivity index (χ4n) is 2.40. The Morgan fingerprint density at radius 3 is 3.00 bits per heavy atom. The fraction of sp³-hybridized carbons (Fsp3) is 1.00. The van der Waals surface area contributed by atoms with E-state index in [9.17, 15) is 0 Å². The number of piperazine rings is 1. The summed E-state index contributed by atoms with van der Waals surface area (Å²) in [6.07, 6.45) is 2.06. The van der Waals surface area contributed by atoms with Crippen LogP contribution in [0.2, 0.25) is 0 Å². The standard InChI is InChI=1S/C10H20N2O/c1-8(2)13-10-5-9-6-11-3-4-12(9)7-10/h8-11H,3-7H2,1-2H3/t9-,10+/m0/s1. The Balaban J connectivity index is 1.84. The van der Waals surface area contributed by atoms with Crippen molar-refractivity contribution in [2.75, 3.05) is 26.2 Å². The van der Waals surface area contributed by atoms with Crippen LogP contribution in [0.3, 0.4) is 0 Å². The van der Waals surface area contributed by atoms with Crippen molar-refractivity contribution in [2.24, 2.45) is 0 Å². The largest absolute Gasteiger partial charge is 0.374 e. The quantitative estimate of drug-likeness (QED) is 0.674. The van der Waals surface area contributed by atoms with Crippen LogP contribution in [0, 0.1) is 0 Å². The molecule has 0 unspecified atom stereocenters. The average Bonchev–Trinajstić information content (AvgIpc) is 2.44. The summed E-state index contributed by atoms with van der Waals surface area (Å²) in [6.45, 7) is 8.88. The molecule has 1 N–H and O–H groups in total. The van der Waals surface area contributed by atoms with Crippen LogP contribution in [0.25, 0.3) is 0 Å². The van der Waals surface area contributed by atoms with Crippen LogP contribution >= 0.6 is 0 Å². The molecule has 0 radical (unpaired) electrons. The number of fused-ring (bicyclic) bond motifs is 1. The summed E-state index contributed by atoms with van der Waals surface area (Å²) in [5.41, 5.74) is 0. The van der Waals surface area contributed by atoms with Gasteiger partial charge in [-0.3, -0.25) is 4.90 Å². The minimum absolute atomic E-state index is 0.374. The molecule has 3 heteroatoms. The Kier molecular flexibility index (Phi) is 2.86. The molecule has 2 heterocycles. The highest BCUT2D eigenvalue weighted by atomic mass is 16.5. The normalized spacial score (nSPS) is 35.3. The molecule has 2 atom stereocenters. The zero-order chi connectivity index (χ0) is 9.26. The molecule has 76 valence electrons. The van der Waals surface area contributed by atoms with E-state index in [-0.39, 0.29) is 0 Å². The van der Waals surface area contributed by atoms with Gasteiger partial charge in [-0.05, 0) is 20.3 Å². The second kappa shape index (κ2) is 3.95. The van der Waals surface area contributed by atoms with E-state index in [0.29, 0.717) is 12.2 Å². The van der Waals surface area contributed by atoms with Crippen molar-refractivity contribution in [3.63, 3.8) is 0 Å². The third-order valence-corrected chi connectivity index (χ3v) is 2.91. The molecule has 0 aromatic heterocycles. The van der Waals surface area contributed by atoms with Crippen molar-refractivity contribution in [2.45, 2.75) is 38.5 Å². The Morgan fingerprint density at radius 2 is 2.31 bits per heavy atom. The smallest absolute Gasteiger partial charge is 0.0720 e. The minimum Gasteiger partial charge on any atom is -0.374 e. The first-order valence-corrected chi connectivity index (χ1v) is 5.36. The Bertz CT molecular complexity index is 158. The maximum Gasteiger partial charge on any atom is 0.0720 e. The van der Waals surface area contributed by atoms with Gasteiger partial charge in [0.2, 0.25) is 0 Å². The van der Waals surface area contributed by atoms with Crippen LogP contribution in [0.15, 0.2) is 0 Å². The first-order valence-electron chi connectivity index (χ1n) is 5.36. The number of nitrogens with one attached hydrogen (secondary N) is 1. The van der Waals surface area contributed by atoms with Gasteiger partial charge in [0.1, 0.15) is 0 Å². The molecule has 13 heavy (non-hydrogen) atoms. The zero-order valence-corrected chi connectivity index (χ0v) is 8.62. The van der Waals surface area contributed by atoms with E-state index in [0.717, 1.165) is 25.7 Å². The lowest BCUT2D eigenvalue weighted by atomic mass is 10.2. The fourth-order valence-corrected chi connectivity index (χ4v) is 2.40. The van der Waals surface area contributed by atoms with Gasteiger partial charge >= 0.3 is 0 Å². The summed E-state index contributed by atoms with van der Waals surface area (Å²) in [5, 5.41) is 3.43. The molecule has 0 saturated carbocycles. The zero-order valence-electron chi connectivity index (χ0n) is 8.62. The second-order valence-corrected chi connectivity index (χ2v) is 4.40. The summed E-state index contributed by atoms with van der Waals surface area (Å²) in [5.74, 6) is 0. The topological polar surface area (TPSA) is 24.5 Å². The number of rotatable bonds is 2. The average molecular weight is 184 g/mol. The Labute approximate surface area is 80.4 Å². The van der Waals surface area contributed by atoms with Crippen LogP contribution < -0.4 is 5.32 Å². The molecule has 2 rings (SSSR count). The lowest BCUT2D eigenvalue weighted by Crippen LogP contribution is -2.47. The molecule has 2 aliphatic heterocycles. The summed E-state index contributed by atoms with van der Waals surface area (Å²) in [7, 11) is 0. The first kappa shape index (κ1) is 9.44. The van der Waals surface area contributed by atoms with Gasteiger partial charge < -0.3 is 10.1 Å². The molecule has 0 bridgehead atoms. The molecular formula is C10H20N2O. The first-order chi connectivity index (χ1) is 6.25. The van der Waals surface area contributed by atoms with Crippen molar-refractivity contribution in [1.82, 2.24) is 10.2 Å². The predicted molar refractivity (Wildman–Crippen MR) is 52.9 cm³/mol. The highest BCUT2D eigenvalue weighted by Crippen LogP contribution is 2.21. The van der Waals surface area contributed by atoms with Gasteiger partial charge in [-0.2, -0.15) is 0 Å². The van der Waals surface area contributed by atoms with Crippen LogP contribution in [0.4, 0.5) is 0 Å². The van der Waals surface area contributed by atoms with Crippen LogP contribution in [-0.2, 0) is 4.74 Å². The molecule has 0 aromatic rings. The molecule has 0 amide bonds. The molecule has 0 aliphatic carbocycles. The molecule has 0 aromatic carbocycles. The summed E-state index contributed by atoms with van der Waals surface area (Å²) < 4.78 is 5.83. The highest BCUT2D eigenvalue weighted by Gasteiger charge is 2.34. The molecule has 2 fully saturated rings. The van der Waals surface area contributed by atoms with Gasteiger partial charge in [0.05, 0.1) is 12.2 Å². The van der Waals surface area contributed by atoms with Crippen LogP contribution in [-0.4, -0.2) is 49.3 Å². The lowest BCUT2D eigenvalue weighted by Gasteiger charge is -2.29. The third-order valence-electron chi connectivity index (χ3n) is 2.91. The van der Waals surface area contributed by atoms with E-state index in [2.05, 4.69) is 24.1 Å².